The number of methoxy groups -OCH3 is 1. The molecule has 0 radical (unpaired) electrons. The maximum absolute atomic E-state index is 12.7. The summed E-state index contributed by atoms with van der Waals surface area (Å²) in [5.74, 6) is 0.987. The first-order valence-corrected chi connectivity index (χ1v) is 10.6. The van der Waals surface area contributed by atoms with E-state index < -0.39 is 12.0 Å². The third-order valence-electron chi connectivity index (χ3n) is 4.82. The second-order valence-electron chi connectivity index (χ2n) is 6.77. The first kappa shape index (κ1) is 20.5. The molecule has 2 aliphatic heterocycles. The fraction of sp³-hybridized carbons (Fsp3) is 0.476. The maximum Gasteiger partial charge on any atom is 0.338 e. The van der Waals surface area contributed by atoms with E-state index in [1.165, 1.54) is 18.9 Å². The van der Waals surface area contributed by atoms with Crippen LogP contribution in [0, 0.1) is 0 Å². The van der Waals surface area contributed by atoms with E-state index in [-0.39, 0.29) is 5.91 Å². The fourth-order valence-electron chi connectivity index (χ4n) is 3.37. The average Bonchev–Trinajstić information content (AvgIpc) is 2.70. The molecule has 0 aromatic heterocycles. The summed E-state index contributed by atoms with van der Waals surface area (Å²) < 4.78 is 10.8. The number of aliphatic imine (C=N–C) groups is 1. The molecular weight excluding hydrogens is 376 g/mol. The molecule has 2 aliphatic rings. The maximum atomic E-state index is 12.7. The zero-order valence-corrected chi connectivity index (χ0v) is 17.4. The number of carbonyl (C=O) groups is 2. The first-order valence-electron chi connectivity index (χ1n) is 9.62. The van der Waals surface area contributed by atoms with E-state index in [1.54, 1.807) is 11.8 Å². The highest BCUT2D eigenvalue weighted by molar-refractivity contribution is 8.14. The summed E-state index contributed by atoms with van der Waals surface area (Å²) in [6.45, 7) is 4.63. The van der Waals surface area contributed by atoms with Gasteiger partial charge in [0.2, 0.25) is 5.91 Å². The Hall–Kier alpha value is -2.28. The second-order valence-corrected chi connectivity index (χ2v) is 7.84. The summed E-state index contributed by atoms with van der Waals surface area (Å²) in [5, 5.41) is 0.645. The minimum atomic E-state index is -0.533. The molecule has 0 bridgehead atoms. The average molecular weight is 403 g/mol. The van der Waals surface area contributed by atoms with Crippen LogP contribution < -0.4 is 4.74 Å². The Morgan fingerprint density at radius 3 is 2.71 bits per heavy atom. The molecule has 1 fully saturated rings. The number of fused-ring (bicyclic) bond motifs is 1. The lowest BCUT2D eigenvalue weighted by Crippen LogP contribution is -2.45. The Labute approximate surface area is 170 Å². The van der Waals surface area contributed by atoms with Crippen LogP contribution in [0.4, 0.5) is 0 Å². The minimum absolute atomic E-state index is 0.0312. The van der Waals surface area contributed by atoms with Gasteiger partial charge in [-0.1, -0.05) is 43.7 Å². The lowest BCUT2D eigenvalue weighted by Gasteiger charge is -2.38. The van der Waals surface area contributed by atoms with Gasteiger partial charge in [0.1, 0.15) is 5.75 Å². The minimum Gasteiger partial charge on any atom is -0.494 e. The van der Waals surface area contributed by atoms with Crippen molar-refractivity contribution in [3.8, 4) is 5.75 Å². The van der Waals surface area contributed by atoms with Crippen LogP contribution in [0.15, 0.2) is 40.5 Å². The van der Waals surface area contributed by atoms with Crippen LogP contribution in [-0.2, 0) is 14.3 Å². The van der Waals surface area contributed by atoms with E-state index in [2.05, 4.69) is 11.9 Å². The number of hydrogen-bond acceptors (Lipinski definition) is 6. The predicted molar refractivity (Wildman–Crippen MR) is 110 cm³/mol. The van der Waals surface area contributed by atoms with Crippen LogP contribution in [-0.4, -0.2) is 41.4 Å². The first-order chi connectivity index (χ1) is 13.6. The van der Waals surface area contributed by atoms with Gasteiger partial charge in [0.05, 0.1) is 31.0 Å². The number of carbonyl (C=O) groups excluding carboxylic acids is 2. The number of benzene rings is 1. The van der Waals surface area contributed by atoms with Gasteiger partial charge in [0.15, 0.2) is 5.17 Å². The smallest absolute Gasteiger partial charge is 0.338 e. The molecule has 1 aromatic rings. The number of unbranched alkanes of at least 4 members (excludes halogenated alkanes) is 2. The normalized spacial score (nSPS) is 19.2. The molecule has 0 N–H and O–H groups in total. The van der Waals surface area contributed by atoms with Crippen molar-refractivity contribution in [2.24, 2.45) is 4.99 Å². The largest absolute Gasteiger partial charge is 0.494 e. The quantitative estimate of drug-likeness (QED) is 0.508. The topological polar surface area (TPSA) is 68.2 Å². The Morgan fingerprint density at radius 2 is 2.04 bits per heavy atom. The van der Waals surface area contributed by atoms with Crippen molar-refractivity contribution >= 4 is 28.8 Å². The van der Waals surface area contributed by atoms with Gasteiger partial charge < -0.3 is 9.47 Å². The Morgan fingerprint density at radius 1 is 1.29 bits per heavy atom. The molecule has 0 saturated carbocycles. The van der Waals surface area contributed by atoms with Crippen molar-refractivity contribution in [3.05, 3.63) is 41.1 Å². The molecule has 0 unspecified atom stereocenters. The number of rotatable bonds is 7. The molecule has 28 heavy (non-hydrogen) atoms. The van der Waals surface area contributed by atoms with Crippen LogP contribution in [0.25, 0.3) is 0 Å². The van der Waals surface area contributed by atoms with Crippen molar-refractivity contribution < 1.29 is 19.1 Å². The summed E-state index contributed by atoms with van der Waals surface area (Å²) in [5.41, 5.74) is 1.83. The van der Waals surface area contributed by atoms with Gasteiger partial charge in [-0.15, -0.1) is 0 Å². The number of nitrogens with zero attached hydrogens (tertiary/aromatic N) is 2. The van der Waals surface area contributed by atoms with Gasteiger partial charge in [-0.25, -0.2) is 9.79 Å². The third kappa shape index (κ3) is 4.24. The van der Waals surface area contributed by atoms with Gasteiger partial charge in [-0.05, 0) is 31.0 Å². The molecule has 1 amide bonds. The third-order valence-corrected chi connectivity index (χ3v) is 5.78. The lowest BCUT2D eigenvalue weighted by molar-refractivity contribution is -0.137. The highest BCUT2D eigenvalue weighted by Crippen LogP contribution is 2.40. The number of thioether (sulfide) groups is 1. The van der Waals surface area contributed by atoms with Gasteiger partial charge in [-0.3, -0.25) is 9.69 Å². The molecule has 0 spiro atoms. The number of hydrogen-bond donors (Lipinski definition) is 0. The van der Waals surface area contributed by atoms with E-state index in [1.807, 2.05) is 24.3 Å². The van der Waals surface area contributed by atoms with Crippen LogP contribution in [0.2, 0.25) is 0 Å². The molecular formula is C21H26N2O4S. The van der Waals surface area contributed by atoms with Gasteiger partial charge in [0, 0.05) is 12.2 Å². The SMILES string of the molecule is CCCCCOc1ccc([C@@H]2C(C(=O)OC)=C(C)N=C3SCCC(=O)N32)cc1. The predicted octanol–water partition coefficient (Wildman–Crippen LogP) is 4.08. The number of esters is 1. The van der Waals surface area contributed by atoms with Crippen molar-refractivity contribution in [2.75, 3.05) is 19.5 Å². The zero-order valence-electron chi connectivity index (χ0n) is 16.6. The monoisotopic (exact) mass is 402 g/mol. The molecule has 150 valence electrons. The second kappa shape index (κ2) is 9.28. The number of amidine groups is 1. The van der Waals surface area contributed by atoms with Crippen LogP contribution in [0.5, 0.6) is 5.75 Å². The highest BCUT2D eigenvalue weighted by atomic mass is 32.2. The van der Waals surface area contributed by atoms with Gasteiger partial charge in [0.25, 0.3) is 0 Å². The number of allylic oxidation sites excluding steroid dienone is 1. The van der Waals surface area contributed by atoms with Crippen molar-refractivity contribution in [1.29, 1.82) is 0 Å². The summed E-state index contributed by atoms with van der Waals surface area (Å²) in [6, 6.07) is 7.06. The summed E-state index contributed by atoms with van der Waals surface area (Å²) in [4.78, 5) is 31.3. The molecule has 3 rings (SSSR count). The van der Waals surface area contributed by atoms with Crippen molar-refractivity contribution in [3.63, 3.8) is 0 Å². The molecule has 0 aliphatic carbocycles. The molecule has 1 saturated heterocycles. The lowest BCUT2D eigenvalue weighted by atomic mass is 9.94. The van der Waals surface area contributed by atoms with E-state index in [4.69, 9.17) is 9.47 Å². The standard InChI is InChI=1S/C21H26N2O4S/c1-4-5-6-12-27-16-9-7-15(8-10-16)19-18(20(25)26-3)14(2)22-21-23(19)17(24)11-13-28-21/h7-10,19H,4-6,11-13H2,1-3H3/t19-/m1/s1. The molecule has 1 aromatic carbocycles. The summed E-state index contributed by atoms with van der Waals surface area (Å²) in [6.07, 6.45) is 3.74. The van der Waals surface area contributed by atoms with E-state index in [9.17, 15) is 9.59 Å². The summed E-state index contributed by atoms with van der Waals surface area (Å²) >= 11 is 1.54. The van der Waals surface area contributed by atoms with E-state index in [0.717, 1.165) is 30.6 Å². The Bertz CT molecular complexity index is 801. The summed E-state index contributed by atoms with van der Waals surface area (Å²) in [7, 11) is 1.35. The van der Waals surface area contributed by atoms with Crippen LogP contribution >= 0.6 is 11.8 Å². The highest BCUT2D eigenvalue weighted by Gasteiger charge is 2.41. The van der Waals surface area contributed by atoms with E-state index in [0.29, 0.717) is 35.2 Å². The van der Waals surface area contributed by atoms with E-state index >= 15 is 0 Å². The molecule has 1 atom stereocenters. The van der Waals surface area contributed by atoms with Crippen molar-refractivity contribution in [1.82, 2.24) is 4.90 Å². The number of amides is 1. The Kier molecular flexibility index (Phi) is 6.78. The van der Waals surface area contributed by atoms with Crippen LogP contribution in [0.1, 0.15) is 51.1 Å². The van der Waals surface area contributed by atoms with Crippen LogP contribution in [0.3, 0.4) is 0 Å². The van der Waals surface area contributed by atoms with Gasteiger partial charge in [-0.2, -0.15) is 0 Å². The molecule has 7 heteroatoms. The zero-order chi connectivity index (χ0) is 20.1. The van der Waals surface area contributed by atoms with Crippen molar-refractivity contribution in [2.45, 2.75) is 45.6 Å². The molecule has 2 heterocycles. The fourth-order valence-corrected chi connectivity index (χ4v) is 4.38. The molecule has 6 nitrogen and oxygen atoms in total. The Balaban J connectivity index is 1.91. The van der Waals surface area contributed by atoms with Gasteiger partial charge >= 0.3 is 5.97 Å². The number of ether oxygens (including phenoxy) is 2.